The van der Waals surface area contributed by atoms with Gasteiger partial charge in [-0.25, -0.2) is 9.67 Å². The Hall–Kier alpha value is -2.62. The first kappa shape index (κ1) is 12.4. The largest absolute Gasteiger partial charge is 0.481 e. The maximum Gasteiger partial charge on any atom is 0.309 e. The molecule has 0 spiro atoms. The molecule has 0 atom stereocenters. The van der Waals surface area contributed by atoms with Gasteiger partial charge in [-0.15, -0.1) is 5.10 Å². The highest BCUT2D eigenvalue weighted by Gasteiger charge is 2.08. The third kappa shape index (κ3) is 2.40. The number of carboxylic acids is 1. The van der Waals surface area contributed by atoms with Gasteiger partial charge < -0.3 is 5.11 Å². The Labute approximate surface area is 115 Å². The van der Waals surface area contributed by atoms with Gasteiger partial charge in [0.1, 0.15) is 5.51 Å². The molecular weight excluding hydrogens is 284 g/mol. The molecule has 20 heavy (non-hydrogen) atoms. The summed E-state index contributed by atoms with van der Waals surface area (Å²) in [6.07, 6.45) is 1.33. The SMILES string of the molecule is O=C(O)Cc1cn(Cc2cc(=O)n3ncsc3n2)nn1. The van der Waals surface area contributed by atoms with E-state index < -0.39 is 5.97 Å². The molecule has 0 aliphatic rings. The minimum absolute atomic E-state index is 0.191. The summed E-state index contributed by atoms with van der Waals surface area (Å²) in [5, 5.41) is 20.1. The number of aromatic nitrogens is 6. The van der Waals surface area contributed by atoms with E-state index in [2.05, 4.69) is 20.4 Å². The molecule has 0 aliphatic heterocycles. The van der Waals surface area contributed by atoms with Crippen molar-refractivity contribution in [1.82, 2.24) is 29.6 Å². The maximum absolute atomic E-state index is 11.7. The minimum atomic E-state index is -0.973. The zero-order valence-electron chi connectivity index (χ0n) is 10.0. The lowest BCUT2D eigenvalue weighted by Gasteiger charge is -1.99. The summed E-state index contributed by atoms with van der Waals surface area (Å²) >= 11 is 1.26. The number of aliphatic carboxylic acids is 1. The van der Waals surface area contributed by atoms with Gasteiger partial charge in [0, 0.05) is 12.3 Å². The molecule has 0 radical (unpaired) electrons. The zero-order valence-corrected chi connectivity index (χ0v) is 10.8. The Kier molecular flexibility index (Phi) is 2.99. The molecule has 3 heterocycles. The fourth-order valence-electron chi connectivity index (χ4n) is 1.70. The van der Waals surface area contributed by atoms with Gasteiger partial charge in [0.15, 0.2) is 0 Å². The normalized spacial score (nSPS) is 11.0. The van der Waals surface area contributed by atoms with Gasteiger partial charge in [-0.05, 0) is 0 Å². The predicted molar refractivity (Wildman–Crippen MR) is 67.6 cm³/mol. The number of fused-ring (bicyclic) bond motifs is 1. The Balaban J connectivity index is 1.87. The van der Waals surface area contributed by atoms with E-state index >= 15 is 0 Å². The molecule has 0 aromatic carbocycles. The van der Waals surface area contributed by atoms with Crippen LogP contribution in [0.25, 0.3) is 4.96 Å². The fourth-order valence-corrected chi connectivity index (χ4v) is 2.34. The second-order valence-corrected chi connectivity index (χ2v) is 4.81. The summed E-state index contributed by atoms with van der Waals surface area (Å²) in [7, 11) is 0. The van der Waals surface area contributed by atoms with Gasteiger partial charge in [0.05, 0.1) is 24.4 Å². The van der Waals surface area contributed by atoms with E-state index in [0.29, 0.717) is 16.3 Å². The molecule has 0 fully saturated rings. The highest BCUT2D eigenvalue weighted by atomic mass is 32.1. The smallest absolute Gasteiger partial charge is 0.309 e. The van der Waals surface area contributed by atoms with E-state index in [1.807, 2.05) is 0 Å². The van der Waals surface area contributed by atoms with Crippen molar-refractivity contribution in [2.75, 3.05) is 0 Å². The molecule has 3 aromatic rings. The van der Waals surface area contributed by atoms with Crippen LogP contribution in [-0.4, -0.2) is 40.7 Å². The minimum Gasteiger partial charge on any atom is -0.481 e. The predicted octanol–water partition coefficient (Wildman–Crippen LogP) is -0.582. The van der Waals surface area contributed by atoms with Crippen LogP contribution in [0.3, 0.4) is 0 Å². The molecule has 0 amide bonds. The van der Waals surface area contributed by atoms with Crippen molar-refractivity contribution in [2.24, 2.45) is 0 Å². The van der Waals surface area contributed by atoms with E-state index in [-0.39, 0.29) is 18.5 Å². The van der Waals surface area contributed by atoms with Crippen molar-refractivity contribution in [2.45, 2.75) is 13.0 Å². The Morgan fingerprint density at radius 2 is 2.25 bits per heavy atom. The van der Waals surface area contributed by atoms with Crippen LogP contribution >= 0.6 is 11.3 Å². The van der Waals surface area contributed by atoms with Gasteiger partial charge in [0.2, 0.25) is 4.96 Å². The molecule has 0 unspecified atom stereocenters. The first-order chi connectivity index (χ1) is 9.61. The van der Waals surface area contributed by atoms with Crippen LogP contribution in [-0.2, 0) is 17.8 Å². The van der Waals surface area contributed by atoms with E-state index in [0.717, 1.165) is 0 Å². The third-order valence-electron chi connectivity index (χ3n) is 2.48. The van der Waals surface area contributed by atoms with E-state index in [4.69, 9.17) is 5.11 Å². The van der Waals surface area contributed by atoms with Crippen LogP contribution in [0.2, 0.25) is 0 Å². The van der Waals surface area contributed by atoms with E-state index in [1.165, 1.54) is 38.3 Å². The topological polar surface area (TPSA) is 115 Å². The second-order valence-electron chi connectivity index (χ2n) is 4.00. The highest BCUT2D eigenvalue weighted by molar-refractivity contribution is 7.14. The van der Waals surface area contributed by atoms with Gasteiger partial charge in [0.25, 0.3) is 5.56 Å². The lowest BCUT2D eigenvalue weighted by atomic mass is 10.3. The van der Waals surface area contributed by atoms with Gasteiger partial charge in [-0.1, -0.05) is 16.6 Å². The fraction of sp³-hybridized carbons (Fsp3) is 0.200. The first-order valence-electron chi connectivity index (χ1n) is 5.55. The monoisotopic (exact) mass is 292 g/mol. The third-order valence-corrected chi connectivity index (χ3v) is 3.16. The van der Waals surface area contributed by atoms with Crippen molar-refractivity contribution in [1.29, 1.82) is 0 Å². The van der Waals surface area contributed by atoms with Crippen molar-refractivity contribution < 1.29 is 9.90 Å². The van der Waals surface area contributed by atoms with Gasteiger partial charge in [-0.3, -0.25) is 9.59 Å². The molecule has 0 saturated carbocycles. The van der Waals surface area contributed by atoms with Crippen molar-refractivity contribution in [3.63, 3.8) is 0 Å². The quantitative estimate of drug-likeness (QED) is 0.683. The van der Waals surface area contributed by atoms with Crippen LogP contribution in [0.1, 0.15) is 11.4 Å². The summed E-state index contributed by atoms with van der Waals surface area (Å²) in [6, 6.07) is 1.37. The molecule has 0 aliphatic carbocycles. The van der Waals surface area contributed by atoms with Crippen LogP contribution in [0.5, 0.6) is 0 Å². The van der Waals surface area contributed by atoms with Crippen molar-refractivity contribution >= 4 is 22.3 Å². The van der Waals surface area contributed by atoms with Gasteiger partial charge >= 0.3 is 5.97 Å². The summed E-state index contributed by atoms with van der Waals surface area (Å²) in [5.74, 6) is -0.973. The summed E-state index contributed by atoms with van der Waals surface area (Å²) < 4.78 is 2.66. The lowest BCUT2D eigenvalue weighted by Crippen LogP contribution is -2.16. The van der Waals surface area contributed by atoms with Crippen LogP contribution < -0.4 is 5.56 Å². The number of carboxylic acid groups (broad SMARTS) is 1. The van der Waals surface area contributed by atoms with E-state index in [9.17, 15) is 9.59 Å². The number of hydrogen-bond donors (Lipinski definition) is 1. The molecule has 102 valence electrons. The molecule has 0 saturated heterocycles. The standard InChI is InChI=1S/C10H8N6O3S/c17-8-1-6(12-10-16(8)11-5-20-10)3-15-4-7(13-14-15)2-9(18)19/h1,4-5H,2-3H2,(H,18,19). The molecule has 3 aromatic heterocycles. The molecule has 3 rings (SSSR count). The van der Waals surface area contributed by atoms with Crippen LogP contribution in [0, 0.1) is 0 Å². The van der Waals surface area contributed by atoms with E-state index in [1.54, 1.807) is 0 Å². The number of nitrogens with zero attached hydrogens (tertiary/aromatic N) is 6. The summed E-state index contributed by atoms with van der Waals surface area (Å²) in [6.45, 7) is 0.246. The van der Waals surface area contributed by atoms with Crippen molar-refractivity contribution in [3.05, 3.63) is 39.5 Å². The van der Waals surface area contributed by atoms with Gasteiger partial charge in [-0.2, -0.15) is 9.61 Å². The summed E-state index contributed by atoms with van der Waals surface area (Å²) in [5.41, 5.74) is 2.14. The number of hydrogen-bond acceptors (Lipinski definition) is 7. The molecule has 1 N–H and O–H groups in total. The number of rotatable bonds is 4. The first-order valence-corrected chi connectivity index (χ1v) is 6.43. The Morgan fingerprint density at radius 1 is 1.40 bits per heavy atom. The number of carbonyl (C=O) groups is 1. The maximum atomic E-state index is 11.7. The molecular formula is C10H8N6O3S. The Bertz CT molecular complexity index is 835. The average Bonchev–Trinajstić information content (AvgIpc) is 2.98. The van der Waals surface area contributed by atoms with Crippen molar-refractivity contribution in [3.8, 4) is 0 Å². The molecule has 0 bridgehead atoms. The second kappa shape index (κ2) is 4.81. The molecule has 10 heteroatoms. The average molecular weight is 292 g/mol. The Morgan fingerprint density at radius 3 is 3.05 bits per heavy atom. The zero-order chi connectivity index (χ0) is 14.1. The lowest BCUT2D eigenvalue weighted by molar-refractivity contribution is -0.136. The van der Waals surface area contributed by atoms with Crippen LogP contribution in [0.15, 0.2) is 22.6 Å². The molecule has 9 nitrogen and oxygen atoms in total. The highest BCUT2D eigenvalue weighted by Crippen LogP contribution is 2.05. The summed E-state index contributed by atoms with van der Waals surface area (Å²) in [4.78, 5) is 27.1. The van der Waals surface area contributed by atoms with Crippen LogP contribution in [0.4, 0.5) is 0 Å².